The molecule has 1 amide bonds. The van der Waals surface area contributed by atoms with Crippen LogP contribution < -0.4 is 5.32 Å². The summed E-state index contributed by atoms with van der Waals surface area (Å²) in [5.41, 5.74) is 3.92. The molecular weight excluding hydrogens is 332 g/mol. The molecule has 7 nitrogen and oxygen atoms in total. The maximum absolute atomic E-state index is 12.2. The lowest BCUT2D eigenvalue weighted by molar-refractivity contribution is -0.117. The number of esters is 1. The second-order valence-corrected chi connectivity index (χ2v) is 6.26. The number of hydrogen-bond donors (Lipinski definition) is 2. The Balaban J connectivity index is 1.61. The lowest BCUT2D eigenvalue weighted by Gasteiger charge is -2.17. The predicted molar refractivity (Wildman–Crippen MR) is 96.6 cm³/mol. The molecule has 0 aliphatic carbocycles. The summed E-state index contributed by atoms with van der Waals surface area (Å²) in [5.74, 6) is 0.310. The van der Waals surface area contributed by atoms with Gasteiger partial charge in [0.15, 0.2) is 0 Å². The van der Waals surface area contributed by atoms with Crippen LogP contribution >= 0.6 is 0 Å². The van der Waals surface area contributed by atoms with Crippen molar-refractivity contribution in [2.24, 2.45) is 0 Å². The van der Waals surface area contributed by atoms with Crippen LogP contribution in [0, 0.1) is 0 Å². The van der Waals surface area contributed by atoms with E-state index in [1.165, 1.54) is 7.11 Å². The van der Waals surface area contributed by atoms with E-state index in [-0.39, 0.29) is 12.5 Å². The first kappa shape index (κ1) is 16.3. The molecule has 0 unspecified atom stereocenters. The molecule has 0 saturated heterocycles. The topological polar surface area (TPSA) is 87.3 Å². The number of imidazole rings is 1. The van der Waals surface area contributed by atoms with E-state index >= 15 is 0 Å². The normalized spacial score (nSPS) is 14.6. The molecule has 7 heteroatoms. The summed E-state index contributed by atoms with van der Waals surface area (Å²) < 4.78 is 4.78. The van der Waals surface area contributed by atoms with Crippen molar-refractivity contribution in [2.45, 2.75) is 13.1 Å². The molecule has 2 aromatic carbocycles. The first-order chi connectivity index (χ1) is 12.6. The number of carbonyl (C=O) groups excluding carboxylic acids is 2. The smallest absolute Gasteiger partial charge is 0.337 e. The fraction of sp³-hybridized carbons (Fsp3) is 0.211. The van der Waals surface area contributed by atoms with Gasteiger partial charge in [-0.15, -0.1) is 0 Å². The summed E-state index contributed by atoms with van der Waals surface area (Å²) in [6, 6.07) is 13.0. The number of aromatic amines is 1. The lowest BCUT2D eigenvalue weighted by Crippen LogP contribution is -2.29. The predicted octanol–water partition coefficient (Wildman–Crippen LogP) is 2.30. The van der Waals surface area contributed by atoms with Gasteiger partial charge in [-0.2, -0.15) is 0 Å². The molecule has 4 rings (SSSR count). The molecule has 0 saturated carbocycles. The zero-order valence-electron chi connectivity index (χ0n) is 14.3. The van der Waals surface area contributed by atoms with Crippen molar-refractivity contribution in [2.75, 3.05) is 19.0 Å². The van der Waals surface area contributed by atoms with Crippen LogP contribution in [0.15, 0.2) is 42.5 Å². The number of benzene rings is 2. The fourth-order valence-corrected chi connectivity index (χ4v) is 3.19. The largest absolute Gasteiger partial charge is 0.465 e. The van der Waals surface area contributed by atoms with Gasteiger partial charge < -0.3 is 15.0 Å². The average molecular weight is 350 g/mol. The highest BCUT2D eigenvalue weighted by Crippen LogP contribution is 2.24. The van der Waals surface area contributed by atoms with Crippen LogP contribution in [0.5, 0.6) is 0 Å². The first-order valence-electron chi connectivity index (χ1n) is 8.29. The standard InChI is InChI=1S/C19H18N4O3/c1-26-19(25)12-6-7-14-13(8-12)9-23(11-18(24)22-14)10-17-20-15-4-2-3-5-16(15)21-17/h2-8H,9-11H2,1H3,(H,20,21)(H,22,24). The number of nitrogens with one attached hydrogen (secondary N) is 2. The minimum atomic E-state index is -0.396. The van der Waals surface area contributed by atoms with Gasteiger partial charge in [0, 0.05) is 12.2 Å². The number of ether oxygens (including phenoxy) is 1. The molecule has 1 aliphatic rings. The van der Waals surface area contributed by atoms with E-state index in [0.717, 1.165) is 28.1 Å². The van der Waals surface area contributed by atoms with Crippen molar-refractivity contribution in [3.63, 3.8) is 0 Å². The molecule has 0 radical (unpaired) electrons. The highest BCUT2D eigenvalue weighted by molar-refractivity contribution is 5.95. The van der Waals surface area contributed by atoms with Gasteiger partial charge >= 0.3 is 5.97 Å². The van der Waals surface area contributed by atoms with E-state index in [1.54, 1.807) is 18.2 Å². The average Bonchev–Trinajstić information content (AvgIpc) is 2.96. The van der Waals surface area contributed by atoms with Crippen LogP contribution in [-0.2, 0) is 22.6 Å². The summed E-state index contributed by atoms with van der Waals surface area (Å²) in [4.78, 5) is 33.8. The summed E-state index contributed by atoms with van der Waals surface area (Å²) in [6.45, 7) is 1.28. The molecule has 2 heterocycles. The van der Waals surface area contributed by atoms with Gasteiger partial charge in [0.25, 0.3) is 0 Å². The van der Waals surface area contributed by atoms with Gasteiger partial charge in [-0.1, -0.05) is 12.1 Å². The van der Waals surface area contributed by atoms with Crippen LogP contribution in [0.1, 0.15) is 21.7 Å². The number of amides is 1. The highest BCUT2D eigenvalue weighted by Gasteiger charge is 2.21. The second-order valence-electron chi connectivity index (χ2n) is 6.26. The summed E-state index contributed by atoms with van der Waals surface area (Å²) in [5, 5.41) is 2.89. The monoisotopic (exact) mass is 350 g/mol. The van der Waals surface area contributed by atoms with E-state index in [4.69, 9.17) is 4.74 Å². The third kappa shape index (κ3) is 3.16. The van der Waals surface area contributed by atoms with Crippen molar-refractivity contribution >= 4 is 28.6 Å². The van der Waals surface area contributed by atoms with E-state index in [1.807, 2.05) is 29.2 Å². The molecule has 0 spiro atoms. The van der Waals surface area contributed by atoms with Crippen LogP contribution in [0.4, 0.5) is 5.69 Å². The maximum Gasteiger partial charge on any atom is 0.337 e. The van der Waals surface area contributed by atoms with Crippen molar-refractivity contribution < 1.29 is 14.3 Å². The molecule has 132 valence electrons. The Bertz CT molecular complexity index is 962. The van der Waals surface area contributed by atoms with Crippen LogP contribution in [0.25, 0.3) is 11.0 Å². The number of fused-ring (bicyclic) bond motifs is 2. The summed E-state index contributed by atoms with van der Waals surface area (Å²) in [7, 11) is 1.35. The van der Waals surface area contributed by atoms with E-state index in [9.17, 15) is 9.59 Å². The zero-order valence-corrected chi connectivity index (χ0v) is 14.3. The molecule has 0 bridgehead atoms. The molecular formula is C19H18N4O3. The Morgan fingerprint density at radius 3 is 2.88 bits per heavy atom. The zero-order chi connectivity index (χ0) is 18.1. The van der Waals surface area contributed by atoms with Gasteiger partial charge in [0.2, 0.25) is 5.91 Å². The van der Waals surface area contributed by atoms with E-state index in [0.29, 0.717) is 18.7 Å². The summed E-state index contributed by atoms with van der Waals surface area (Å²) >= 11 is 0. The number of carbonyl (C=O) groups is 2. The number of H-pyrrole nitrogens is 1. The Labute approximate surface area is 150 Å². The number of anilines is 1. The fourth-order valence-electron chi connectivity index (χ4n) is 3.19. The lowest BCUT2D eigenvalue weighted by atomic mass is 10.1. The van der Waals surface area contributed by atoms with Gasteiger partial charge in [0.1, 0.15) is 5.82 Å². The Morgan fingerprint density at radius 1 is 1.23 bits per heavy atom. The first-order valence-corrected chi connectivity index (χ1v) is 8.29. The SMILES string of the molecule is COC(=O)c1ccc2c(c1)CN(Cc1nc3ccccc3[nH]1)CC(=O)N2. The van der Waals surface area contributed by atoms with E-state index in [2.05, 4.69) is 15.3 Å². The molecule has 2 N–H and O–H groups in total. The second kappa shape index (κ2) is 6.61. The van der Waals surface area contributed by atoms with Crippen molar-refractivity contribution in [3.8, 4) is 0 Å². The Hall–Kier alpha value is -3.19. The number of nitrogens with zero attached hydrogens (tertiary/aromatic N) is 2. The number of rotatable bonds is 3. The number of hydrogen-bond acceptors (Lipinski definition) is 5. The maximum atomic E-state index is 12.2. The van der Waals surface area contributed by atoms with Crippen LogP contribution in [0.3, 0.4) is 0 Å². The van der Waals surface area contributed by atoms with Crippen molar-refractivity contribution in [1.29, 1.82) is 0 Å². The Kier molecular flexibility index (Phi) is 4.14. The Morgan fingerprint density at radius 2 is 2.08 bits per heavy atom. The highest BCUT2D eigenvalue weighted by atomic mass is 16.5. The minimum Gasteiger partial charge on any atom is -0.465 e. The van der Waals surface area contributed by atoms with Crippen molar-refractivity contribution in [1.82, 2.24) is 14.9 Å². The minimum absolute atomic E-state index is 0.0920. The van der Waals surface area contributed by atoms with Crippen LogP contribution in [0.2, 0.25) is 0 Å². The number of methoxy groups -OCH3 is 1. The van der Waals surface area contributed by atoms with Crippen LogP contribution in [-0.4, -0.2) is 40.4 Å². The molecule has 0 fully saturated rings. The molecule has 3 aromatic rings. The molecule has 1 aromatic heterocycles. The molecule has 26 heavy (non-hydrogen) atoms. The van der Waals surface area contributed by atoms with Crippen molar-refractivity contribution in [3.05, 3.63) is 59.4 Å². The van der Waals surface area contributed by atoms with Gasteiger partial charge in [-0.25, -0.2) is 9.78 Å². The third-order valence-corrected chi connectivity index (χ3v) is 4.37. The van der Waals surface area contributed by atoms with Gasteiger partial charge in [-0.05, 0) is 35.9 Å². The molecule has 0 atom stereocenters. The van der Waals surface area contributed by atoms with Gasteiger partial charge in [-0.3, -0.25) is 9.69 Å². The van der Waals surface area contributed by atoms with E-state index < -0.39 is 5.97 Å². The number of para-hydroxylation sites is 2. The van der Waals surface area contributed by atoms with Gasteiger partial charge in [0.05, 0.1) is 36.8 Å². The third-order valence-electron chi connectivity index (χ3n) is 4.37. The quantitative estimate of drug-likeness (QED) is 0.708. The number of aromatic nitrogens is 2. The molecule has 1 aliphatic heterocycles. The summed E-state index contributed by atoms with van der Waals surface area (Å²) in [6.07, 6.45) is 0.